The normalized spacial score (nSPS) is 12.4. The highest BCUT2D eigenvalue weighted by molar-refractivity contribution is 5.86. The van der Waals surface area contributed by atoms with Crippen LogP contribution in [0.2, 0.25) is 0 Å². The zero-order valence-corrected chi connectivity index (χ0v) is 17.7. The summed E-state index contributed by atoms with van der Waals surface area (Å²) in [5.41, 5.74) is 2.65. The second kappa shape index (κ2) is 9.48. The average Bonchev–Trinajstić information content (AvgIpc) is 3.13. The first-order valence-electron chi connectivity index (χ1n) is 10.1. The van der Waals surface area contributed by atoms with Crippen LogP contribution in [0, 0.1) is 5.41 Å². The highest BCUT2D eigenvalue weighted by Gasteiger charge is 2.33. The van der Waals surface area contributed by atoms with E-state index in [9.17, 15) is 9.59 Å². The van der Waals surface area contributed by atoms with Gasteiger partial charge in [0.15, 0.2) is 0 Å². The number of hydrogen-bond donors (Lipinski definition) is 3. The van der Waals surface area contributed by atoms with Crippen molar-refractivity contribution in [2.24, 2.45) is 5.41 Å². The predicted molar refractivity (Wildman–Crippen MR) is 118 cm³/mol. The van der Waals surface area contributed by atoms with Crippen molar-refractivity contribution in [2.45, 2.75) is 39.8 Å². The van der Waals surface area contributed by atoms with Crippen LogP contribution < -0.4 is 10.6 Å². The van der Waals surface area contributed by atoms with Crippen molar-refractivity contribution in [2.75, 3.05) is 6.54 Å². The highest BCUT2D eigenvalue weighted by atomic mass is 16.5. The molecule has 2 amide bonds. The molecule has 3 aromatic rings. The van der Waals surface area contributed by atoms with Crippen LogP contribution in [-0.4, -0.2) is 29.6 Å². The summed E-state index contributed by atoms with van der Waals surface area (Å²) in [4.78, 5) is 28.3. The number of alkyl carbamates (subject to hydrolysis) is 1. The third-order valence-corrected chi connectivity index (χ3v) is 4.97. The summed E-state index contributed by atoms with van der Waals surface area (Å²) in [6, 6.07) is 16.8. The van der Waals surface area contributed by atoms with E-state index in [0.717, 1.165) is 22.0 Å². The predicted octanol–water partition coefficient (Wildman–Crippen LogP) is 4.17. The minimum Gasteiger partial charge on any atom is -0.445 e. The number of nitrogens with one attached hydrogen (secondary N) is 3. The van der Waals surface area contributed by atoms with Crippen LogP contribution >= 0.6 is 0 Å². The smallest absolute Gasteiger partial charge is 0.408 e. The van der Waals surface area contributed by atoms with Gasteiger partial charge in [-0.25, -0.2) is 4.79 Å². The average molecular weight is 408 g/mol. The number of hydrogen-bond acceptors (Lipinski definition) is 3. The van der Waals surface area contributed by atoms with Crippen LogP contribution in [0.3, 0.4) is 0 Å². The molecule has 0 aliphatic heterocycles. The molecule has 0 radical (unpaired) electrons. The van der Waals surface area contributed by atoms with Gasteiger partial charge in [0.25, 0.3) is 0 Å². The van der Waals surface area contributed by atoms with Gasteiger partial charge in [-0.1, -0.05) is 69.3 Å². The molecule has 0 saturated heterocycles. The van der Waals surface area contributed by atoms with Crippen molar-refractivity contribution in [3.63, 3.8) is 0 Å². The maximum absolute atomic E-state index is 12.8. The summed E-state index contributed by atoms with van der Waals surface area (Å²) in [5.74, 6) is -0.223. The Morgan fingerprint density at radius 3 is 2.47 bits per heavy atom. The second-order valence-electron chi connectivity index (χ2n) is 8.41. The monoisotopic (exact) mass is 407 g/mol. The third kappa shape index (κ3) is 5.63. The van der Waals surface area contributed by atoms with E-state index in [0.29, 0.717) is 13.0 Å². The maximum atomic E-state index is 12.8. The number of carbonyl (C=O) groups excluding carboxylic acids is 2. The maximum Gasteiger partial charge on any atom is 0.408 e. The van der Waals surface area contributed by atoms with Crippen LogP contribution in [0.1, 0.15) is 31.9 Å². The Balaban J connectivity index is 1.54. The van der Waals surface area contributed by atoms with Crippen molar-refractivity contribution in [3.05, 3.63) is 71.9 Å². The number of amides is 2. The van der Waals surface area contributed by atoms with E-state index in [2.05, 4.69) is 21.7 Å². The van der Waals surface area contributed by atoms with E-state index < -0.39 is 17.6 Å². The summed E-state index contributed by atoms with van der Waals surface area (Å²) >= 11 is 0. The molecular formula is C24H29N3O3. The molecule has 1 unspecified atom stereocenters. The summed E-state index contributed by atoms with van der Waals surface area (Å²) in [6.45, 7) is 6.37. The Hall–Kier alpha value is -3.28. The fourth-order valence-corrected chi connectivity index (χ4v) is 3.32. The van der Waals surface area contributed by atoms with Crippen LogP contribution in [0.15, 0.2) is 60.8 Å². The summed E-state index contributed by atoms with van der Waals surface area (Å²) in [6.07, 6.45) is 2.06. The molecule has 1 aromatic heterocycles. The van der Waals surface area contributed by atoms with Crippen molar-refractivity contribution < 1.29 is 14.3 Å². The van der Waals surface area contributed by atoms with E-state index in [-0.39, 0.29) is 12.5 Å². The van der Waals surface area contributed by atoms with E-state index in [4.69, 9.17) is 4.74 Å². The summed E-state index contributed by atoms with van der Waals surface area (Å²) < 4.78 is 5.28. The number of fused-ring (bicyclic) bond motifs is 1. The number of benzene rings is 2. The fourth-order valence-electron chi connectivity index (χ4n) is 3.32. The van der Waals surface area contributed by atoms with Gasteiger partial charge in [0, 0.05) is 23.6 Å². The molecule has 0 aliphatic carbocycles. The molecule has 0 aliphatic rings. The highest BCUT2D eigenvalue weighted by Crippen LogP contribution is 2.20. The lowest BCUT2D eigenvalue weighted by atomic mass is 9.86. The van der Waals surface area contributed by atoms with Crippen LogP contribution in [0.25, 0.3) is 10.9 Å². The molecule has 0 spiro atoms. The molecule has 158 valence electrons. The number of para-hydroxylation sites is 1. The van der Waals surface area contributed by atoms with Crippen LogP contribution in [-0.2, 0) is 22.6 Å². The van der Waals surface area contributed by atoms with Gasteiger partial charge in [-0.3, -0.25) is 4.79 Å². The lowest BCUT2D eigenvalue weighted by Crippen LogP contribution is -2.53. The van der Waals surface area contributed by atoms with Gasteiger partial charge < -0.3 is 20.4 Å². The Morgan fingerprint density at radius 2 is 1.73 bits per heavy atom. The standard InChI is InChI=1S/C24H29N3O3/c1-24(2,3)21(27-23(29)30-16-17-9-5-4-6-10-17)22(28)25-14-13-18-15-26-20-12-8-7-11-19(18)20/h4-12,15,21,26H,13-14,16H2,1-3H3,(H,25,28)(H,27,29). The zero-order valence-electron chi connectivity index (χ0n) is 17.7. The molecule has 1 heterocycles. The third-order valence-electron chi connectivity index (χ3n) is 4.97. The van der Waals surface area contributed by atoms with Gasteiger partial charge >= 0.3 is 6.09 Å². The van der Waals surface area contributed by atoms with Crippen molar-refractivity contribution >= 4 is 22.9 Å². The molecule has 3 N–H and O–H groups in total. The molecule has 0 bridgehead atoms. The van der Waals surface area contributed by atoms with Crippen molar-refractivity contribution in [1.29, 1.82) is 0 Å². The SMILES string of the molecule is CC(C)(C)C(NC(=O)OCc1ccccc1)C(=O)NCCc1c[nH]c2ccccc12. The molecule has 6 heteroatoms. The zero-order chi connectivity index (χ0) is 21.6. The first-order chi connectivity index (χ1) is 14.3. The lowest BCUT2D eigenvalue weighted by molar-refractivity contribution is -0.125. The Labute approximate surface area is 177 Å². The Morgan fingerprint density at radius 1 is 1.03 bits per heavy atom. The van der Waals surface area contributed by atoms with Gasteiger partial charge in [-0.2, -0.15) is 0 Å². The van der Waals surface area contributed by atoms with E-state index in [1.165, 1.54) is 0 Å². The summed E-state index contributed by atoms with van der Waals surface area (Å²) in [5, 5.41) is 6.82. The van der Waals surface area contributed by atoms with Gasteiger partial charge in [0.1, 0.15) is 12.6 Å². The minimum atomic E-state index is -0.705. The van der Waals surface area contributed by atoms with E-state index in [1.807, 2.05) is 75.5 Å². The first kappa shape index (κ1) is 21.4. The summed E-state index contributed by atoms with van der Waals surface area (Å²) in [7, 11) is 0. The van der Waals surface area contributed by atoms with Crippen molar-refractivity contribution in [1.82, 2.24) is 15.6 Å². The topological polar surface area (TPSA) is 83.2 Å². The van der Waals surface area contributed by atoms with Crippen LogP contribution in [0.5, 0.6) is 0 Å². The van der Waals surface area contributed by atoms with E-state index in [1.54, 1.807) is 0 Å². The van der Waals surface area contributed by atoms with Gasteiger partial charge in [0.05, 0.1) is 0 Å². The minimum absolute atomic E-state index is 0.158. The number of aromatic nitrogens is 1. The molecule has 30 heavy (non-hydrogen) atoms. The van der Waals surface area contributed by atoms with Crippen molar-refractivity contribution in [3.8, 4) is 0 Å². The molecule has 0 fully saturated rings. The Kier molecular flexibility index (Phi) is 6.77. The number of rotatable bonds is 7. The second-order valence-corrected chi connectivity index (χ2v) is 8.41. The number of aromatic amines is 1. The largest absolute Gasteiger partial charge is 0.445 e. The molecule has 3 rings (SSSR count). The number of ether oxygens (including phenoxy) is 1. The number of H-pyrrole nitrogens is 1. The van der Waals surface area contributed by atoms with E-state index >= 15 is 0 Å². The lowest BCUT2D eigenvalue weighted by Gasteiger charge is -2.30. The molecule has 2 aromatic carbocycles. The van der Waals surface area contributed by atoms with Gasteiger partial charge in [-0.15, -0.1) is 0 Å². The molecule has 1 atom stereocenters. The molecule has 0 saturated carbocycles. The van der Waals surface area contributed by atoms with Gasteiger partial charge in [-0.05, 0) is 29.0 Å². The fraction of sp³-hybridized carbons (Fsp3) is 0.333. The Bertz CT molecular complexity index is 990. The van der Waals surface area contributed by atoms with Gasteiger partial charge in [0.2, 0.25) is 5.91 Å². The van der Waals surface area contributed by atoms with Crippen LogP contribution in [0.4, 0.5) is 4.79 Å². The number of carbonyl (C=O) groups is 2. The first-order valence-corrected chi connectivity index (χ1v) is 10.1. The molecular weight excluding hydrogens is 378 g/mol. The molecule has 6 nitrogen and oxygen atoms in total. The quantitative estimate of drug-likeness (QED) is 0.550.